The Balaban J connectivity index is 1.60. The number of carbonyl (C=O) groups excluding carboxylic acids is 1. The van der Waals surface area contributed by atoms with Crippen molar-refractivity contribution >= 4 is 33.1 Å². The maximum atomic E-state index is 12.2. The lowest BCUT2D eigenvalue weighted by molar-refractivity contribution is 0.102. The van der Waals surface area contributed by atoms with Crippen LogP contribution in [0.25, 0.3) is 10.2 Å². The molecule has 0 atom stereocenters. The van der Waals surface area contributed by atoms with E-state index in [9.17, 15) is 4.79 Å². The second-order valence-corrected chi connectivity index (χ2v) is 6.39. The summed E-state index contributed by atoms with van der Waals surface area (Å²) in [5.74, 6) is 0.589. The minimum Gasteiger partial charge on any atom is -0.322 e. The highest BCUT2D eigenvalue weighted by atomic mass is 32.1. The van der Waals surface area contributed by atoms with Gasteiger partial charge in [-0.3, -0.25) is 4.79 Å². The first-order valence-corrected chi connectivity index (χ1v) is 7.88. The van der Waals surface area contributed by atoms with Crippen molar-refractivity contribution in [2.45, 2.75) is 18.8 Å². The van der Waals surface area contributed by atoms with Crippen LogP contribution in [0.4, 0.5) is 5.69 Å². The van der Waals surface area contributed by atoms with Crippen LogP contribution in [0.3, 0.4) is 0 Å². The normalized spacial score (nSPS) is 14.3. The van der Waals surface area contributed by atoms with E-state index in [0.29, 0.717) is 11.5 Å². The first-order valence-electron chi connectivity index (χ1n) is 7.06. The highest BCUT2D eigenvalue weighted by Crippen LogP contribution is 2.43. The van der Waals surface area contributed by atoms with E-state index >= 15 is 0 Å². The quantitative estimate of drug-likeness (QED) is 0.776. The van der Waals surface area contributed by atoms with Gasteiger partial charge in [-0.05, 0) is 43.2 Å². The van der Waals surface area contributed by atoms with E-state index in [0.717, 1.165) is 15.9 Å². The maximum Gasteiger partial charge on any atom is 0.255 e. The summed E-state index contributed by atoms with van der Waals surface area (Å²) in [5.41, 5.74) is 2.52. The highest BCUT2D eigenvalue weighted by molar-refractivity contribution is 7.18. The predicted molar refractivity (Wildman–Crippen MR) is 86.0 cm³/mol. The molecule has 0 spiro atoms. The van der Waals surface area contributed by atoms with Gasteiger partial charge in [0.15, 0.2) is 0 Å². The van der Waals surface area contributed by atoms with Crippen molar-refractivity contribution in [1.29, 1.82) is 0 Å². The molecule has 0 radical (unpaired) electrons. The zero-order valence-corrected chi connectivity index (χ0v) is 12.2. The van der Waals surface area contributed by atoms with Crippen molar-refractivity contribution in [2.24, 2.45) is 0 Å². The monoisotopic (exact) mass is 294 g/mol. The molecule has 1 saturated carbocycles. The number of rotatable bonds is 3. The third-order valence-electron chi connectivity index (χ3n) is 3.63. The van der Waals surface area contributed by atoms with Crippen LogP contribution in [0, 0.1) is 0 Å². The number of anilines is 1. The summed E-state index contributed by atoms with van der Waals surface area (Å²) in [4.78, 5) is 16.8. The fourth-order valence-electron chi connectivity index (χ4n) is 2.32. The van der Waals surface area contributed by atoms with Gasteiger partial charge < -0.3 is 5.32 Å². The molecule has 21 heavy (non-hydrogen) atoms. The van der Waals surface area contributed by atoms with E-state index in [1.165, 1.54) is 17.8 Å². The molecule has 0 bridgehead atoms. The number of nitrogens with one attached hydrogen (secondary N) is 1. The van der Waals surface area contributed by atoms with E-state index in [1.807, 2.05) is 48.5 Å². The van der Waals surface area contributed by atoms with Gasteiger partial charge in [-0.1, -0.05) is 18.2 Å². The summed E-state index contributed by atoms with van der Waals surface area (Å²) in [6.07, 6.45) is 2.52. The fourth-order valence-corrected chi connectivity index (χ4v) is 3.49. The van der Waals surface area contributed by atoms with E-state index in [2.05, 4.69) is 10.3 Å². The van der Waals surface area contributed by atoms with Crippen LogP contribution < -0.4 is 5.32 Å². The molecule has 2 aromatic carbocycles. The van der Waals surface area contributed by atoms with Crippen LogP contribution in [0.1, 0.15) is 34.1 Å². The lowest BCUT2D eigenvalue weighted by atomic mass is 10.2. The molecule has 1 aromatic heterocycles. The van der Waals surface area contributed by atoms with Crippen LogP contribution in [0.5, 0.6) is 0 Å². The molecular formula is C17H14N2OS. The molecule has 1 aliphatic rings. The Morgan fingerprint density at radius 1 is 1.14 bits per heavy atom. The molecule has 0 unspecified atom stereocenters. The molecule has 1 fully saturated rings. The van der Waals surface area contributed by atoms with Crippen molar-refractivity contribution in [3.63, 3.8) is 0 Å². The van der Waals surface area contributed by atoms with Gasteiger partial charge in [-0.2, -0.15) is 0 Å². The first kappa shape index (κ1) is 12.5. The maximum absolute atomic E-state index is 12.2. The summed E-state index contributed by atoms with van der Waals surface area (Å²) >= 11 is 1.74. The van der Waals surface area contributed by atoms with Gasteiger partial charge in [0.25, 0.3) is 5.91 Å². The largest absolute Gasteiger partial charge is 0.322 e. The highest BCUT2D eigenvalue weighted by Gasteiger charge is 2.26. The molecule has 0 aliphatic heterocycles. The average molecular weight is 294 g/mol. The molecule has 104 valence electrons. The van der Waals surface area contributed by atoms with Crippen LogP contribution in [0.2, 0.25) is 0 Å². The zero-order valence-electron chi connectivity index (χ0n) is 11.4. The molecule has 4 rings (SSSR count). The molecule has 1 N–H and O–H groups in total. The molecule has 1 heterocycles. The SMILES string of the molecule is O=C(Nc1ccc2nc(C3CC3)sc2c1)c1ccccc1. The Morgan fingerprint density at radius 3 is 2.71 bits per heavy atom. The number of aromatic nitrogens is 1. The van der Waals surface area contributed by atoms with Gasteiger partial charge in [0, 0.05) is 17.2 Å². The Morgan fingerprint density at radius 2 is 1.95 bits per heavy atom. The molecular weight excluding hydrogens is 280 g/mol. The van der Waals surface area contributed by atoms with Crippen LogP contribution >= 0.6 is 11.3 Å². The molecule has 3 nitrogen and oxygen atoms in total. The van der Waals surface area contributed by atoms with Crippen molar-refractivity contribution in [3.8, 4) is 0 Å². The Hall–Kier alpha value is -2.20. The van der Waals surface area contributed by atoms with Gasteiger partial charge in [0.05, 0.1) is 15.2 Å². The van der Waals surface area contributed by atoms with E-state index in [-0.39, 0.29) is 5.91 Å². The van der Waals surface area contributed by atoms with Crippen LogP contribution in [0.15, 0.2) is 48.5 Å². The second kappa shape index (κ2) is 4.97. The number of fused-ring (bicyclic) bond motifs is 1. The standard InChI is InChI=1S/C17H14N2OS/c20-16(11-4-2-1-3-5-11)18-13-8-9-14-15(10-13)21-17(19-14)12-6-7-12/h1-5,8-10,12H,6-7H2,(H,18,20). The van der Waals surface area contributed by atoms with Gasteiger partial charge in [0.1, 0.15) is 0 Å². The fraction of sp³-hybridized carbons (Fsp3) is 0.176. The minimum absolute atomic E-state index is 0.0816. The molecule has 1 aliphatic carbocycles. The van der Waals surface area contributed by atoms with Gasteiger partial charge >= 0.3 is 0 Å². The van der Waals surface area contributed by atoms with E-state index in [4.69, 9.17) is 0 Å². The minimum atomic E-state index is -0.0816. The van der Waals surface area contributed by atoms with Crippen LogP contribution in [-0.4, -0.2) is 10.9 Å². The lowest BCUT2D eigenvalue weighted by Crippen LogP contribution is -2.11. The molecule has 4 heteroatoms. The van der Waals surface area contributed by atoms with E-state index < -0.39 is 0 Å². The molecule has 1 amide bonds. The number of carbonyl (C=O) groups is 1. The smallest absolute Gasteiger partial charge is 0.255 e. The van der Waals surface area contributed by atoms with Gasteiger partial charge in [-0.15, -0.1) is 11.3 Å². The predicted octanol–water partition coefficient (Wildman–Crippen LogP) is 4.43. The summed E-state index contributed by atoms with van der Waals surface area (Å²) in [6.45, 7) is 0. The third-order valence-corrected chi connectivity index (χ3v) is 4.81. The lowest BCUT2D eigenvalue weighted by Gasteiger charge is -2.04. The van der Waals surface area contributed by atoms with Crippen molar-refractivity contribution in [2.75, 3.05) is 5.32 Å². The van der Waals surface area contributed by atoms with Crippen molar-refractivity contribution < 1.29 is 4.79 Å². The summed E-state index contributed by atoms with van der Waals surface area (Å²) in [7, 11) is 0. The number of hydrogen-bond donors (Lipinski definition) is 1. The average Bonchev–Trinajstić information content (AvgIpc) is 3.28. The zero-order chi connectivity index (χ0) is 14.2. The number of benzene rings is 2. The van der Waals surface area contributed by atoms with Crippen LogP contribution in [-0.2, 0) is 0 Å². The summed E-state index contributed by atoms with van der Waals surface area (Å²) in [6, 6.07) is 15.2. The molecule has 0 saturated heterocycles. The van der Waals surface area contributed by atoms with Gasteiger partial charge in [-0.25, -0.2) is 4.98 Å². The second-order valence-electron chi connectivity index (χ2n) is 5.33. The Bertz CT molecular complexity index is 806. The van der Waals surface area contributed by atoms with Crippen molar-refractivity contribution in [1.82, 2.24) is 4.98 Å². The molecule has 3 aromatic rings. The van der Waals surface area contributed by atoms with Crippen molar-refractivity contribution in [3.05, 3.63) is 59.1 Å². The summed E-state index contributed by atoms with van der Waals surface area (Å²) < 4.78 is 1.14. The number of thiazole rings is 1. The Kier molecular flexibility index (Phi) is 2.97. The van der Waals surface area contributed by atoms with Gasteiger partial charge in [0.2, 0.25) is 0 Å². The first-order chi connectivity index (χ1) is 10.3. The van der Waals surface area contributed by atoms with E-state index in [1.54, 1.807) is 11.3 Å². The third kappa shape index (κ3) is 2.54. The summed E-state index contributed by atoms with van der Waals surface area (Å²) in [5, 5.41) is 4.18. The topological polar surface area (TPSA) is 42.0 Å². The number of amides is 1. The Labute approximate surface area is 126 Å². The number of hydrogen-bond acceptors (Lipinski definition) is 3. The number of nitrogens with zero attached hydrogens (tertiary/aromatic N) is 1.